The maximum Gasteiger partial charge on any atom is -0.0250 e. The maximum absolute atomic E-state index is 2.45. The van der Waals surface area contributed by atoms with Gasteiger partial charge in [0.15, 0.2) is 0 Å². The van der Waals surface area contributed by atoms with Crippen molar-refractivity contribution in [1.82, 2.24) is 0 Å². The minimum absolute atomic E-state index is 0.816. The van der Waals surface area contributed by atoms with Crippen LogP contribution < -0.4 is 0 Å². The molecule has 0 heterocycles. The molecular weight excluding hydrogens is 276 g/mol. The summed E-state index contributed by atoms with van der Waals surface area (Å²) < 4.78 is 0. The Kier molecular flexibility index (Phi) is 12.0. The molecule has 0 bridgehead atoms. The van der Waals surface area contributed by atoms with Crippen LogP contribution in [0.4, 0.5) is 0 Å². The average molecular weight is 317 g/mol. The van der Waals surface area contributed by atoms with Crippen LogP contribution in [0.3, 0.4) is 0 Å². The molecule has 1 aromatic carbocycles. The zero-order valence-corrected chi connectivity index (χ0v) is 16.0. The van der Waals surface area contributed by atoms with Gasteiger partial charge in [0, 0.05) is 0 Å². The number of unbranched alkanes of at least 4 members (excludes halogenated alkanes) is 8. The van der Waals surface area contributed by atoms with Crippen molar-refractivity contribution in [2.24, 2.45) is 11.8 Å². The van der Waals surface area contributed by atoms with Gasteiger partial charge < -0.3 is 0 Å². The lowest BCUT2D eigenvalue weighted by atomic mass is 9.83. The molecule has 1 aromatic rings. The maximum atomic E-state index is 2.45. The van der Waals surface area contributed by atoms with E-state index in [0.717, 1.165) is 11.8 Å². The Bertz CT molecular complexity index is 354. The molecule has 0 saturated carbocycles. The average Bonchev–Trinajstić information content (AvgIpc) is 2.57. The highest BCUT2D eigenvalue weighted by Crippen LogP contribution is 2.26. The molecule has 0 N–H and O–H groups in total. The predicted octanol–water partition coefficient (Wildman–Crippen LogP) is 7.81. The van der Waals surface area contributed by atoms with E-state index in [9.17, 15) is 0 Å². The second-order valence-electron chi connectivity index (χ2n) is 7.45. The molecule has 0 aliphatic rings. The van der Waals surface area contributed by atoms with Gasteiger partial charge in [0.25, 0.3) is 0 Å². The topological polar surface area (TPSA) is 0 Å². The minimum atomic E-state index is 0.816. The zero-order valence-electron chi connectivity index (χ0n) is 16.0. The zero-order chi connectivity index (χ0) is 16.8. The Hall–Kier alpha value is -0.780. The number of benzene rings is 1. The molecule has 0 heteroatoms. The van der Waals surface area contributed by atoms with Crippen LogP contribution in [0.25, 0.3) is 0 Å². The SMILES string of the molecule is CCCCCCCCCCCC(CC)C(C)Cc1ccccc1. The summed E-state index contributed by atoms with van der Waals surface area (Å²) in [5.74, 6) is 1.72. The van der Waals surface area contributed by atoms with E-state index in [-0.39, 0.29) is 0 Å². The van der Waals surface area contributed by atoms with Gasteiger partial charge in [-0.2, -0.15) is 0 Å². The number of hydrogen-bond acceptors (Lipinski definition) is 0. The molecule has 2 atom stereocenters. The molecule has 0 aliphatic heterocycles. The largest absolute Gasteiger partial charge is 0.0654 e. The molecule has 2 unspecified atom stereocenters. The lowest BCUT2D eigenvalue weighted by Gasteiger charge is -2.23. The second kappa shape index (κ2) is 13.6. The lowest BCUT2D eigenvalue weighted by molar-refractivity contribution is 0.312. The van der Waals surface area contributed by atoms with Gasteiger partial charge in [0.05, 0.1) is 0 Å². The Morgan fingerprint density at radius 3 is 1.87 bits per heavy atom. The fraction of sp³-hybridized carbons (Fsp3) is 0.739. The van der Waals surface area contributed by atoms with Gasteiger partial charge in [0.2, 0.25) is 0 Å². The molecule has 0 spiro atoms. The first-order valence-electron chi connectivity index (χ1n) is 10.3. The predicted molar refractivity (Wildman–Crippen MR) is 105 cm³/mol. The van der Waals surface area contributed by atoms with Crippen molar-refractivity contribution in [2.75, 3.05) is 0 Å². The molecule has 132 valence electrons. The van der Waals surface area contributed by atoms with Crippen molar-refractivity contribution in [1.29, 1.82) is 0 Å². The molecule has 0 saturated heterocycles. The third kappa shape index (κ3) is 9.84. The van der Waals surface area contributed by atoms with E-state index in [1.165, 1.54) is 82.6 Å². The first kappa shape index (κ1) is 20.3. The van der Waals surface area contributed by atoms with Gasteiger partial charge in [-0.15, -0.1) is 0 Å². The molecular formula is C23H40. The summed E-state index contributed by atoms with van der Waals surface area (Å²) in [6.45, 7) is 7.12. The van der Waals surface area contributed by atoms with Crippen molar-refractivity contribution < 1.29 is 0 Å². The Morgan fingerprint density at radius 2 is 1.30 bits per heavy atom. The van der Waals surface area contributed by atoms with Gasteiger partial charge in [-0.3, -0.25) is 0 Å². The Balaban J connectivity index is 2.09. The fourth-order valence-corrected chi connectivity index (χ4v) is 3.76. The summed E-state index contributed by atoms with van der Waals surface area (Å²) in [5, 5.41) is 0. The minimum Gasteiger partial charge on any atom is -0.0654 e. The molecule has 23 heavy (non-hydrogen) atoms. The molecule has 0 nitrogen and oxygen atoms in total. The van der Waals surface area contributed by atoms with Crippen molar-refractivity contribution in [2.45, 2.75) is 97.8 Å². The van der Waals surface area contributed by atoms with Crippen molar-refractivity contribution in [3.63, 3.8) is 0 Å². The van der Waals surface area contributed by atoms with E-state index >= 15 is 0 Å². The van der Waals surface area contributed by atoms with E-state index in [4.69, 9.17) is 0 Å². The van der Waals surface area contributed by atoms with Crippen LogP contribution in [0, 0.1) is 11.8 Å². The van der Waals surface area contributed by atoms with Gasteiger partial charge in [-0.1, -0.05) is 122 Å². The van der Waals surface area contributed by atoms with Gasteiger partial charge >= 0.3 is 0 Å². The Labute approximate surface area is 146 Å². The smallest absolute Gasteiger partial charge is 0.0250 e. The van der Waals surface area contributed by atoms with E-state index in [0.29, 0.717) is 0 Å². The van der Waals surface area contributed by atoms with Crippen molar-refractivity contribution in [3.05, 3.63) is 35.9 Å². The van der Waals surface area contributed by atoms with Crippen LogP contribution >= 0.6 is 0 Å². The Morgan fingerprint density at radius 1 is 0.739 bits per heavy atom. The monoisotopic (exact) mass is 316 g/mol. The highest BCUT2D eigenvalue weighted by molar-refractivity contribution is 5.15. The normalized spacial score (nSPS) is 13.9. The summed E-state index contributed by atoms with van der Waals surface area (Å²) in [4.78, 5) is 0. The van der Waals surface area contributed by atoms with Crippen LogP contribution in [0.1, 0.15) is 97.0 Å². The molecule has 0 aromatic heterocycles. The van der Waals surface area contributed by atoms with Crippen LogP contribution in [0.2, 0.25) is 0 Å². The third-order valence-electron chi connectivity index (χ3n) is 5.41. The van der Waals surface area contributed by atoms with E-state index in [1.54, 1.807) is 0 Å². The highest BCUT2D eigenvalue weighted by atomic mass is 14.2. The van der Waals surface area contributed by atoms with E-state index in [2.05, 4.69) is 51.1 Å². The summed E-state index contributed by atoms with van der Waals surface area (Å²) in [7, 11) is 0. The molecule has 0 radical (unpaired) electrons. The quantitative estimate of drug-likeness (QED) is 0.307. The van der Waals surface area contributed by atoms with Crippen LogP contribution in [-0.2, 0) is 6.42 Å². The second-order valence-corrected chi connectivity index (χ2v) is 7.45. The molecule has 0 fully saturated rings. The van der Waals surface area contributed by atoms with Gasteiger partial charge in [-0.25, -0.2) is 0 Å². The highest BCUT2D eigenvalue weighted by Gasteiger charge is 2.15. The van der Waals surface area contributed by atoms with Crippen LogP contribution in [-0.4, -0.2) is 0 Å². The van der Waals surface area contributed by atoms with Crippen LogP contribution in [0.5, 0.6) is 0 Å². The van der Waals surface area contributed by atoms with Crippen molar-refractivity contribution >= 4 is 0 Å². The number of rotatable bonds is 14. The number of hydrogen-bond donors (Lipinski definition) is 0. The first-order valence-corrected chi connectivity index (χ1v) is 10.3. The summed E-state index contributed by atoms with van der Waals surface area (Å²) in [6, 6.07) is 11.0. The summed E-state index contributed by atoms with van der Waals surface area (Å²) in [5.41, 5.74) is 1.51. The van der Waals surface area contributed by atoms with Gasteiger partial charge in [-0.05, 0) is 23.8 Å². The molecule has 1 rings (SSSR count). The van der Waals surface area contributed by atoms with Crippen molar-refractivity contribution in [3.8, 4) is 0 Å². The standard InChI is InChI=1S/C23H40/c1-4-6-7-8-9-10-11-12-16-19-23(5-2)21(3)20-22-17-14-13-15-18-22/h13-15,17-18,21,23H,4-12,16,19-20H2,1-3H3. The molecule has 0 amide bonds. The van der Waals surface area contributed by atoms with E-state index < -0.39 is 0 Å². The lowest BCUT2D eigenvalue weighted by Crippen LogP contribution is -2.13. The van der Waals surface area contributed by atoms with E-state index in [1.807, 2.05) is 0 Å². The summed E-state index contributed by atoms with van der Waals surface area (Å²) >= 11 is 0. The first-order chi connectivity index (χ1) is 11.3. The molecule has 0 aliphatic carbocycles. The third-order valence-corrected chi connectivity index (χ3v) is 5.41. The van der Waals surface area contributed by atoms with Crippen LogP contribution in [0.15, 0.2) is 30.3 Å². The van der Waals surface area contributed by atoms with Gasteiger partial charge in [0.1, 0.15) is 0 Å². The fourth-order valence-electron chi connectivity index (χ4n) is 3.76. The summed E-state index contributed by atoms with van der Waals surface area (Å²) in [6.07, 6.45) is 17.0.